The molecule has 0 saturated heterocycles. The molecule has 0 unspecified atom stereocenters. The van der Waals surface area contributed by atoms with Gasteiger partial charge in [-0.1, -0.05) is 31.4 Å². The lowest BCUT2D eigenvalue weighted by Crippen LogP contribution is -2.28. The van der Waals surface area contributed by atoms with Crippen LogP contribution in [0.2, 0.25) is 0 Å². The van der Waals surface area contributed by atoms with Crippen LogP contribution >= 0.6 is 0 Å². The summed E-state index contributed by atoms with van der Waals surface area (Å²) in [4.78, 5) is 18.0. The van der Waals surface area contributed by atoms with E-state index in [1.807, 2.05) is 54.0 Å². The molecule has 1 aliphatic rings. The summed E-state index contributed by atoms with van der Waals surface area (Å²) in [6.45, 7) is 2.57. The number of fused-ring (bicyclic) bond motifs is 1. The number of ether oxygens (including phenoxy) is 1. The number of hydrogen-bond acceptors (Lipinski definition) is 3. The van der Waals surface area contributed by atoms with E-state index in [4.69, 9.17) is 4.74 Å². The zero-order valence-corrected chi connectivity index (χ0v) is 15.1. The lowest BCUT2D eigenvalue weighted by molar-refractivity contribution is 0.340. The standard InChI is InChI=1S/C22H24N2O2/c1-2-26-19-12-6-8-16(14-19)20-15-17-9-7-13-23-21(17)24(22(20)25)18-10-4-3-5-11-18/h6-9,12-15,18H,2-5,10-11H2,1H3. The third-order valence-corrected chi connectivity index (χ3v) is 5.19. The fourth-order valence-electron chi connectivity index (χ4n) is 3.97. The largest absolute Gasteiger partial charge is 0.494 e. The minimum atomic E-state index is 0.0525. The number of aromatic nitrogens is 2. The Morgan fingerprint density at radius 1 is 1.12 bits per heavy atom. The molecular weight excluding hydrogens is 324 g/mol. The topological polar surface area (TPSA) is 44.1 Å². The van der Waals surface area contributed by atoms with E-state index in [0.717, 1.165) is 40.8 Å². The average molecular weight is 348 g/mol. The molecular formula is C22H24N2O2. The molecule has 1 fully saturated rings. The fraction of sp³-hybridized carbons (Fsp3) is 0.364. The third-order valence-electron chi connectivity index (χ3n) is 5.19. The van der Waals surface area contributed by atoms with Crippen LogP contribution in [0.1, 0.15) is 45.1 Å². The van der Waals surface area contributed by atoms with Crippen molar-refractivity contribution in [3.63, 3.8) is 0 Å². The molecule has 0 aliphatic heterocycles. The molecule has 0 radical (unpaired) electrons. The molecule has 0 N–H and O–H groups in total. The van der Waals surface area contributed by atoms with Gasteiger partial charge in [0.15, 0.2) is 0 Å². The summed E-state index contributed by atoms with van der Waals surface area (Å²) < 4.78 is 7.56. The van der Waals surface area contributed by atoms with Gasteiger partial charge in [-0.2, -0.15) is 0 Å². The van der Waals surface area contributed by atoms with Gasteiger partial charge < -0.3 is 4.74 Å². The van der Waals surface area contributed by atoms with Crippen molar-refractivity contribution < 1.29 is 4.74 Å². The van der Waals surface area contributed by atoms with Gasteiger partial charge in [-0.25, -0.2) is 4.98 Å². The summed E-state index contributed by atoms with van der Waals surface area (Å²) in [6.07, 6.45) is 7.48. The van der Waals surface area contributed by atoms with Gasteiger partial charge in [0.2, 0.25) is 0 Å². The number of benzene rings is 1. The normalized spacial score (nSPS) is 15.3. The van der Waals surface area contributed by atoms with Crippen molar-refractivity contribution in [2.24, 2.45) is 0 Å². The highest BCUT2D eigenvalue weighted by Gasteiger charge is 2.21. The Bertz CT molecular complexity index is 971. The molecule has 0 bridgehead atoms. The van der Waals surface area contributed by atoms with Crippen LogP contribution in [0.25, 0.3) is 22.2 Å². The van der Waals surface area contributed by atoms with E-state index in [1.54, 1.807) is 6.20 Å². The minimum absolute atomic E-state index is 0.0525. The summed E-state index contributed by atoms with van der Waals surface area (Å²) in [5.41, 5.74) is 2.47. The van der Waals surface area contributed by atoms with Gasteiger partial charge in [-0.15, -0.1) is 0 Å². The number of nitrogens with zero attached hydrogens (tertiary/aromatic N) is 2. The predicted octanol–water partition coefficient (Wildman–Crippen LogP) is 4.97. The van der Waals surface area contributed by atoms with Crippen molar-refractivity contribution in [3.05, 3.63) is 59.0 Å². The minimum Gasteiger partial charge on any atom is -0.494 e. The molecule has 0 atom stereocenters. The number of rotatable bonds is 4. The van der Waals surface area contributed by atoms with Crippen LogP contribution in [0.5, 0.6) is 5.75 Å². The van der Waals surface area contributed by atoms with Crippen LogP contribution < -0.4 is 10.3 Å². The highest BCUT2D eigenvalue weighted by molar-refractivity contribution is 5.81. The molecule has 2 heterocycles. The Morgan fingerprint density at radius 2 is 1.96 bits per heavy atom. The summed E-state index contributed by atoms with van der Waals surface area (Å²) in [5, 5.41) is 1.01. The van der Waals surface area contributed by atoms with Crippen LogP contribution in [-0.2, 0) is 0 Å². The first kappa shape index (κ1) is 16.8. The lowest BCUT2D eigenvalue weighted by atomic mass is 9.94. The molecule has 4 heteroatoms. The van der Waals surface area contributed by atoms with E-state index in [-0.39, 0.29) is 11.6 Å². The first-order valence-corrected chi connectivity index (χ1v) is 9.51. The first-order valence-electron chi connectivity index (χ1n) is 9.51. The molecule has 1 aliphatic carbocycles. The maximum atomic E-state index is 13.4. The van der Waals surface area contributed by atoms with Crippen LogP contribution in [0.3, 0.4) is 0 Å². The molecule has 4 rings (SSSR count). The fourth-order valence-corrected chi connectivity index (χ4v) is 3.97. The molecule has 1 saturated carbocycles. The van der Waals surface area contributed by atoms with Crippen LogP contribution in [-0.4, -0.2) is 16.2 Å². The van der Waals surface area contributed by atoms with Gasteiger partial charge in [-0.05, 0) is 55.7 Å². The smallest absolute Gasteiger partial charge is 0.260 e. The van der Waals surface area contributed by atoms with E-state index in [0.29, 0.717) is 6.61 Å². The van der Waals surface area contributed by atoms with E-state index >= 15 is 0 Å². The second-order valence-electron chi connectivity index (χ2n) is 6.90. The van der Waals surface area contributed by atoms with E-state index in [1.165, 1.54) is 19.3 Å². The molecule has 3 aromatic rings. The van der Waals surface area contributed by atoms with Crippen LogP contribution in [0.4, 0.5) is 0 Å². The highest BCUT2D eigenvalue weighted by Crippen LogP contribution is 2.31. The van der Waals surface area contributed by atoms with Gasteiger partial charge in [0, 0.05) is 23.2 Å². The Kier molecular flexibility index (Phi) is 4.74. The van der Waals surface area contributed by atoms with Gasteiger partial charge in [0.1, 0.15) is 11.4 Å². The Morgan fingerprint density at radius 3 is 2.77 bits per heavy atom. The van der Waals surface area contributed by atoms with Gasteiger partial charge in [0.05, 0.1) is 6.61 Å². The lowest BCUT2D eigenvalue weighted by Gasteiger charge is -2.25. The summed E-state index contributed by atoms with van der Waals surface area (Å²) >= 11 is 0. The van der Waals surface area contributed by atoms with E-state index in [2.05, 4.69) is 4.98 Å². The molecule has 4 nitrogen and oxygen atoms in total. The Labute approximate surface area is 153 Å². The molecule has 134 valence electrons. The number of pyridine rings is 2. The first-order chi connectivity index (χ1) is 12.8. The van der Waals surface area contributed by atoms with Crippen LogP contribution in [0.15, 0.2) is 53.5 Å². The van der Waals surface area contributed by atoms with Gasteiger partial charge >= 0.3 is 0 Å². The molecule has 26 heavy (non-hydrogen) atoms. The summed E-state index contributed by atoms with van der Waals surface area (Å²) in [5.74, 6) is 0.792. The average Bonchev–Trinajstić information content (AvgIpc) is 2.69. The van der Waals surface area contributed by atoms with Gasteiger partial charge in [-0.3, -0.25) is 9.36 Å². The predicted molar refractivity (Wildman–Crippen MR) is 105 cm³/mol. The third kappa shape index (κ3) is 3.12. The maximum absolute atomic E-state index is 13.4. The van der Waals surface area contributed by atoms with Crippen molar-refractivity contribution in [3.8, 4) is 16.9 Å². The van der Waals surface area contributed by atoms with E-state index < -0.39 is 0 Å². The maximum Gasteiger partial charge on any atom is 0.260 e. The van der Waals surface area contributed by atoms with E-state index in [9.17, 15) is 4.79 Å². The molecule has 2 aromatic heterocycles. The van der Waals surface area contributed by atoms with Crippen molar-refractivity contribution >= 4 is 11.0 Å². The summed E-state index contributed by atoms with van der Waals surface area (Å²) in [6, 6.07) is 14.0. The van der Waals surface area contributed by atoms with Crippen molar-refractivity contribution in [1.29, 1.82) is 0 Å². The zero-order chi connectivity index (χ0) is 17.9. The van der Waals surface area contributed by atoms with Crippen molar-refractivity contribution in [1.82, 2.24) is 9.55 Å². The zero-order valence-electron chi connectivity index (χ0n) is 15.1. The molecule has 0 amide bonds. The van der Waals surface area contributed by atoms with Gasteiger partial charge in [0.25, 0.3) is 5.56 Å². The van der Waals surface area contributed by atoms with Crippen molar-refractivity contribution in [2.45, 2.75) is 45.1 Å². The van der Waals surface area contributed by atoms with Crippen LogP contribution in [0, 0.1) is 0 Å². The second-order valence-corrected chi connectivity index (χ2v) is 6.90. The Hall–Kier alpha value is -2.62. The second kappa shape index (κ2) is 7.32. The quantitative estimate of drug-likeness (QED) is 0.669. The van der Waals surface area contributed by atoms with Crippen molar-refractivity contribution in [2.75, 3.05) is 6.61 Å². The highest BCUT2D eigenvalue weighted by atomic mass is 16.5. The molecule has 1 aromatic carbocycles. The summed E-state index contributed by atoms with van der Waals surface area (Å²) in [7, 11) is 0. The SMILES string of the molecule is CCOc1cccc(-c2cc3cccnc3n(C3CCCCC3)c2=O)c1. The number of hydrogen-bond donors (Lipinski definition) is 0. The monoisotopic (exact) mass is 348 g/mol. The molecule has 0 spiro atoms. The Balaban J connectivity index is 1.92.